The summed E-state index contributed by atoms with van der Waals surface area (Å²) in [6.45, 7) is 3.20. The van der Waals surface area contributed by atoms with E-state index in [0.29, 0.717) is 0 Å². The van der Waals surface area contributed by atoms with E-state index >= 15 is 0 Å². The highest BCUT2D eigenvalue weighted by Crippen LogP contribution is 2.40. The van der Waals surface area contributed by atoms with Gasteiger partial charge in [-0.25, -0.2) is 13.2 Å². The zero-order chi connectivity index (χ0) is 15.5. The zero-order valence-electron chi connectivity index (χ0n) is 13.6. The van der Waals surface area contributed by atoms with Crippen LogP contribution in [0.2, 0.25) is 0 Å². The number of nitrogens with one attached hydrogen (secondary N) is 1. The molecule has 1 aromatic rings. The van der Waals surface area contributed by atoms with E-state index in [2.05, 4.69) is 10.2 Å². The van der Waals surface area contributed by atoms with Crippen LogP contribution >= 0.6 is 24.8 Å². The van der Waals surface area contributed by atoms with Crippen LogP contribution in [0.25, 0.3) is 0 Å². The molecule has 0 amide bonds. The molecule has 0 aromatic heterocycles. The number of nitrogens with zero attached hydrogens (tertiary/aromatic N) is 1. The van der Waals surface area contributed by atoms with E-state index in [1.54, 1.807) is 0 Å². The molecule has 2 nitrogen and oxygen atoms in total. The molecular weight excluding hydrogens is 360 g/mol. The molecule has 138 valence electrons. The molecule has 24 heavy (non-hydrogen) atoms. The van der Waals surface area contributed by atoms with Crippen molar-refractivity contribution in [2.45, 2.75) is 38.1 Å². The van der Waals surface area contributed by atoms with Gasteiger partial charge in [-0.1, -0.05) is 19.3 Å². The number of rotatable bonds is 3. The third-order valence-corrected chi connectivity index (χ3v) is 4.98. The fraction of sp³-hybridized carbons (Fsp3) is 0.647. The Morgan fingerprint density at radius 3 is 2.00 bits per heavy atom. The third kappa shape index (κ3) is 4.78. The van der Waals surface area contributed by atoms with Crippen LogP contribution in [0.1, 0.15) is 43.7 Å². The van der Waals surface area contributed by atoms with E-state index in [4.69, 9.17) is 0 Å². The molecule has 0 radical (unpaired) electrons. The van der Waals surface area contributed by atoms with Crippen LogP contribution in [0.4, 0.5) is 13.2 Å². The molecule has 2 fully saturated rings. The molecule has 0 spiro atoms. The molecular formula is C17H25Cl2F3N2. The second-order valence-corrected chi connectivity index (χ2v) is 6.41. The van der Waals surface area contributed by atoms with E-state index in [1.807, 2.05) is 0 Å². The predicted octanol–water partition coefficient (Wildman–Crippen LogP) is 4.47. The summed E-state index contributed by atoms with van der Waals surface area (Å²) in [5.74, 6) is -2.08. The van der Waals surface area contributed by atoms with Crippen LogP contribution in [0.15, 0.2) is 12.1 Å². The number of hydrogen-bond acceptors (Lipinski definition) is 2. The number of benzene rings is 1. The summed E-state index contributed by atoms with van der Waals surface area (Å²) in [7, 11) is 0. The Morgan fingerprint density at radius 1 is 0.917 bits per heavy atom. The van der Waals surface area contributed by atoms with Gasteiger partial charge in [-0.2, -0.15) is 0 Å². The Bertz CT molecular complexity index is 478. The molecule has 1 aromatic carbocycles. The van der Waals surface area contributed by atoms with Crippen LogP contribution in [0.3, 0.4) is 0 Å². The second-order valence-electron chi connectivity index (χ2n) is 6.41. The van der Waals surface area contributed by atoms with E-state index in [9.17, 15) is 13.2 Å². The maximum Gasteiger partial charge on any atom is 0.133 e. The van der Waals surface area contributed by atoms with Gasteiger partial charge in [0.15, 0.2) is 0 Å². The first-order valence-electron chi connectivity index (χ1n) is 8.26. The summed E-state index contributed by atoms with van der Waals surface area (Å²) in [6, 6.07) is 1.36. The van der Waals surface area contributed by atoms with Crippen LogP contribution in [0.5, 0.6) is 0 Å². The molecule has 1 aliphatic heterocycles. The van der Waals surface area contributed by atoms with Gasteiger partial charge >= 0.3 is 0 Å². The maximum atomic E-state index is 14.3. The Morgan fingerprint density at radius 2 is 1.46 bits per heavy atom. The van der Waals surface area contributed by atoms with Gasteiger partial charge in [-0.15, -0.1) is 24.8 Å². The van der Waals surface area contributed by atoms with Crippen molar-refractivity contribution in [3.05, 3.63) is 35.1 Å². The third-order valence-electron chi connectivity index (χ3n) is 4.98. The Kier molecular flexibility index (Phi) is 8.85. The van der Waals surface area contributed by atoms with Gasteiger partial charge in [0.1, 0.15) is 17.5 Å². The minimum absolute atomic E-state index is 0. The van der Waals surface area contributed by atoms with E-state index < -0.39 is 17.5 Å². The topological polar surface area (TPSA) is 15.3 Å². The fourth-order valence-corrected chi connectivity index (χ4v) is 3.96. The van der Waals surface area contributed by atoms with Crippen molar-refractivity contribution in [1.29, 1.82) is 0 Å². The molecule has 1 aliphatic carbocycles. The van der Waals surface area contributed by atoms with Crippen LogP contribution in [-0.4, -0.2) is 31.1 Å². The van der Waals surface area contributed by atoms with Gasteiger partial charge in [0, 0.05) is 49.9 Å². The average Bonchev–Trinajstić information content (AvgIpc) is 2.52. The monoisotopic (exact) mass is 384 g/mol. The first-order chi connectivity index (χ1) is 10.7. The largest absolute Gasteiger partial charge is 0.314 e. The molecule has 1 N–H and O–H groups in total. The smallest absolute Gasteiger partial charge is 0.133 e. The zero-order valence-corrected chi connectivity index (χ0v) is 15.2. The Balaban J connectivity index is 0.00000144. The molecule has 3 rings (SSSR count). The van der Waals surface area contributed by atoms with Gasteiger partial charge in [-0.3, -0.25) is 4.90 Å². The van der Waals surface area contributed by atoms with Crippen molar-refractivity contribution < 1.29 is 13.2 Å². The van der Waals surface area contributed by atoms with Crippen molar-refractivity contribution in [2.75, 3.05) is 26.2 Å². The lowest BCUT2D eigenvalue weighted by Crippen LogP contribution is -2.47. The standard InChI is InChI=1S/C17H23F3N2.2ClH/c18-13-10-14(19)16(15(20)11-13)17(12-4-2-1-3-5-12)22-8-6-21-7-9-22;;/h10-12,17,21H,1-9H2;2*1H/t17-;;/m0../s1. The van der Waals surface area contributed by atoms with Gasteiger partial charge < -0.3 is 5.32 Å². The normalized spacial score (nSPS) is 20.8. The van der Waals surface area contributed by atoms with Crippen LogP contribution < -0.4 is 5.32 Å². The fourth-order valence-electron chi connectivity index (χ4n) is 3.96. The summed E-state index contributed by atoms with van der Waals surface area (Å²) >= 11 is 0. The Labute approximate surface area is 154 Å². The summed E-state index contributed by atoms with van der Waals surface area (Å²) in [6.07, 6.45) is 5.39. The lowest BCUT2D eigenvalue weighted by molar-refractivity contribution is 0.0975. The van der Waals surface area contributed by atoms with Crippen molar-refractivity contribution in [3.63, 3.8) is 0 Å². The minimum atomic E-state index is -0.846. The molecule has 0 unspecified atom stereocenters. The summed E-state index contributed by atoms with van der Waals surface area (Å²) in [5, 5.41) is 3.27. The van der Waals surface area contributed by atoms with E-state index in [-0.39, 0.29) is 42.3 Å². The second kappa shape index (κ2) is 9.85. The highest BCUT2D eigenvalue weighted by molar-refractivity contribution is 5.85. The van der Waals surface area contributed by atoms with Gasteiger partial charge in [-0.05, 0) is 18.8 Å². The highest BCUT2D eigenvalue weighted by atomic mass is 35.5. The molecule has 1 saturated heterocycles. The summed E-state index contributed by atoms with van der Waals surface area (Å²) in [4.78, 5) is 2.17. The molecule has 7 heteroatoms. The summed E-state index contributed by atoms with van der Waals surface area (Å²) in [5.41, 5.74) is 0.0650. The van der Waals surface area contributed by atoms with Crippen LogP contribution in [-0.2, 0) is 0 Å². The first-order valence-corrected chi connectivity index (χ1v) is 8.26. The maximum absolute atomic E-state index is 14.3. The molecule has 1 heterocycles. The number of hydrogen-bond donors (Lipinski definition) is 1. The van der Waals surface area contributed by atoms with Crippen LogP contribution in [0, 0.1) is 23.4 Å². The molecule has 2 aliphatic rings. The summed E-state index contributed by atoms with van der Waals surface area (Å²) < 4.78 is 42.0. The van der Waals surface area contributed by atoms with Gasteiger partial charge in [0.05, 0.1) is 0 Å². The SMILES string of the molecule is Cl.Cl.Fc1cc(F)c([C@H](C2CCCCC2)N2CCNCC2)c(F)c1. The van der Waals surface area contributed by atoms with Gasteiger partial charge in [0.2, 0.25) is 0 Å². The predicted molar refractivity (Wildman–Crippen MR) is 94.6 cm³/mol. The number of halogens is 5. The minimum Gasteiger partial charge on any atom is -0.314 e. The quantitative estimate of drug-likeness (QED) is 0.826. The molecule has 1 saturated carbocycles. The lowest BCUT2D eigenvalue weighted by Gasteiger charge is -2.41. The van der Waals surface area contributed by atoms with Crippen molar-refractivity contribution in [3.8, 4) is 0 Å². The number of piperazine rings is 1. The lowest BCUT2D eigenvalue weighted by atomic mass is 9.79. The highest BCUT2D eigenvalue weighted by Gasteiger charge is 2.34. The first kappa shape index (κ1) is 21.6. The molecule has 0 bridgehead atoms. The average molecular weight is 385 g/mol. The van der Waals surface area contributed by atoms with Crippen molar-refractivity contribution in [1.82, 2.24) is 10.2 Å². The molecule has 1 atom stereocenters. The van der Waals surface area contributed by atoms with E-state index in [1.165, 1.54) is 6.42 Å². The van der Waals surface area contributed by atoms with Gasteiger partial charge in [0.25, 0.3) is 0 Å². The van der Waals surface area contributed by atoms with E-state index in [0.717, 1.165) is 64.0 Å². The van der Waals surface area contributed by atoms with Crippen molar-refractivity contribution >= 4 is 24.8 Å². The van der Waals surface area contributed by atoms with Crippen molar-refractivity contribution in [2.24, 2.45) is 5.92 Å². The Hall–Kier alpha value is -0.490.